The summed E-state index contributed by atoms with van der Waals surface area (Å²) in [4.78, 5) is 13.4. The van der Waals surface area contributed by atoms with Crippen LogP contribution >= 0.6 is 0 Å². The van der Waals surface area contributed by atoms with Crippen molar-refractivity contribution in [3.63, 3.8) is 0 Å². The Morgan fingerprint density at radius 3 is 1.91 bits per heavy atom. The number of nitrogens with two attached hydrogens (primary N) is 2. The van der Waals surface area contributed by atoms with Gasteiger partial charge in [0, 0.05) is 22.7 Å². The van der Waals surface area contributed by atoms with Gasteiger partial charge in [-0.25, -0.2) is 0 Å². The second-order valence-corrected chi connectivity index (χ2v) is 8.60. The lowest BCUT2D eigenvalue weighted by molar-refractivity contribution is 0.102. The van der Waals surface area contributed by atoms with Gasteiger partial charge in [-0.05, 0) is 71.1 Å². The molecule has 5 aromatic carbocycles. The van der Waals surface area contributed by atoms with Gasteiger partial charge in [0.05, 0.1) is 13.2 Å². The zero-order chi connectivity index (χ0) is 24.2. The minimum absolute atomic E-state index is 0.229. The first-order valence-electron chi connectivity index (χ1n) is 12.0. The van der Waals surface area contributed by atoms with E-state index in [-0.39, 0.29) is 5.91 Å². The summed E-state index contributed by atoms with van der Waals surface area (Å²) >= 11 is 0. The van der Waals surface area contributed by atoms with Crippen LogP contribution in [0.25, 0.3) is 32.3 Å². The van der Waals surface area contributed by atoms with E-state index < -0.39 is 0 Å². The number of anilines is 1. The van der Waals surface area contributed by atoms with Crippen molar-refractivity contribution in [2.24, 2.45) is 11.5 Å². The van der Waals surface area contributed by atoms with Crippen LogP contribution in [0.5, 0.6) is 11.5 Å². The van der Waals surface area contributed by atoms with Gasteiger partial charge in [-0.15, -0.1) is 0 Å². The third kappa shape index (κ3) is 4.71. The maximum atomic E-state index is 13.4. The van der Waals surface area contributed by atoms with Crippen LogP contribution in [0.3, 0.4) is 0 Å². The molecular weight excluding hydrogens is 438 g/mol. The van der Waals surface area contributed by atoms with Gasteiger partial charge in [-0.3, -0.25) is 4.79 Å². The van der Waals surface area contributed by atoms with Gasteiger partial charge in [-0.2, -0.15) is 0 Å². The zero-order valence-corrected chi connectivity index (χ0v) is 19.6. The number of benzene rings is 5. The van der Waals surface area contributed by atoms with E-state index in [1.807, 2.05) is 6.07 Å². The monoisotopic (exact) mass is 467 g/mol. The van der Waals surface area contributed by atoms with Crippen LogP contribution in [0.2, 0.25) is 0 Å². The number of carbonyl (C=O) groups is 1. The van der Waals surface area contributed by atoms with Crippen LogP contribution in [-0.4, -0.2) is 32.2 Å². The molecule has 6 heteroatoms. The summed E-state index contributed by atoms with van der Waals surface area (Å²) in [6.07, 6.45) is 1.45. The van der Waals surface area contributed by atoms with Crippen molar-refractivity contribution in [2.75, 3.05) is 31.6 Å². The number of nitrogens with one attached hydrogen (secondary N) is 1. The molecule has 0 saturated heterocycles. The molecule has 5 aromatic rings. The molecule has 5 rings (SSSR count). The number of ether oxygens (including phenoxy) is 2. The molecule has 35 heavy (non-hydrogen) atoms. The normalized spacial score (nSPS) is 11.4. The second kappa shape index (κ2) is 10.2. The van der Waals surface area contributed by atoms with Gasteiger partial charge in [0.15, 0.2) is 0 Å². The first-order chi connectivity index (χ1) is 17.2. The Morgan fingerprint density at radius 2 is 1.29 bits per heavy atom. The smallest absolute Gasteiger partial charge is 0.255 e. The largest absolute Gasteiger partial charge is 0.493 e. The lowest BCUT2D eigenvalue weighted by Gasteiger charge is -2.15. The third-order valence-electron chi connectivity index (χ3n) is 6.15. The van der Waals surface area contributed by atoms with Crippen LogP contribution in [-0.2, 0) is 0 Å². The van der Waals surface area contributed by atoms with E-state index in [1.165, 1.54) is 16.2 Å². The molecule has 0 saturated carbocycles. The van der Waals surface area contributed by atoms with Gasteiger partial charge in [0.2, 0.25) is 0 Å². The number of rotatable bonds is 10. The first kappa shape index (κ1) is 22.9. The maximum absolute atomic E-state index is 13.4. The fourth-order valence-corrected chi connectivity index (χ4v) is 4.45. The van der Waals surface area contributed by atoms with Crippen molar-refractivity contribution in [1.29, 1.82) is 0 Å². The number of amides is 1. The highest BCUT2D eigenvalue weighted by Gasteiger charge is 2.15. The topological polar surface area (TPSA) is 99.6 Å². The summed E-state index contributed by atoms with van der Waals surface area (Å²) in [5.74, 6) is 0.918. The Labute approximate surface area is 204 Å². The van der Waals surface area contributed by atoms with Crippen molar-refractivity contribution in [1.82, 2.24) is 0 Å². The van der Waals surface area contributed by atoms with Crippen molar-refractivity contribution >= 4 is 43.9 Å². The third-order valence-corrected chi connectivity index (χ3v) is 6.15. The van der Waals surface area contributed by atoms with Gasteiger partial charge in [0.1, 0.15) is 11.5 Å². The fourth-order valence-electron chi connectivity index (χ4n) is 4.45. The maximum Gasteiger partial charge on any atom is 0.255 e. The minimum atomic E-state index is -0.229. The number of hydrogen-bond donors (Lipinski definition) is 3. The van der Waals surface area contributed by atoms with Crippen LogP contribution in [0.15, 0.2) is 72.8 Å². The molecule has 0 aliphatic carbocycles. The Morgan fingerprint density at radius 1 is 0.714 bits per heavy atom. The summed E-state index contributed by atoms with van der Waals surface area (Å²) in [7, 11) is 0. The van der Waals surface area contributed by atoms with Gasteiger partial charge in [-0.1, -0.05) is 48.5 Å². The lowest BCUT2D eigenvalue weighted by atomic mass is 9.93. The molecule has 5 N–H and O–H groups in total. The Hall–Kier alpha value is -3.87. The van der Waals surface area contributed by atoms with E-state index in [0.29, 0.717) is 43.4 Å². The standard InChI is InChI=1S/C29H29N3O3/c30-12-2-14-34-23-16-22(17-24(18-23)35-15-3-13-31)29(33)32-26-11-9-21-7-6-19-4-1-5-20-8-10-25(26)28(21)27(19)20/h1,4-11,16-18H,2-3,12-15,30-31H2,(H,32,33). The molecule has 0 spiro atoms. The molecular formula is C29H29N3O3. The number of hydrogen-bond acceptors (Lipinski definition) is 5. The highest BCUT2D eigenvalue weighted by atomic mass is 16.5. The van der Waals surface area contributed by atoms with E-state index >= 15 is 0 Å². The predicted octanol–water partition coefficient (Wildman–Crippen LogP) is 5.29. The zero-order valence-electron chi connectivity index (χ0n) is 19.6. The quantitative estimate of drug-likeness (QED) is 0.191. The molecule has 1 amide bonds. The molecule has 0 aliphatic heterocycles. The lowest BCUT2D eigenvalue weighted by Crippen LogP contribution is -2.13. The van der Waals surface area contributed by atoms with E-state index in [2.05, 4.69) is 53.8 Å². The number of carbonyl (C=O) groups excluding carboxylic acids is 1. The average molecular weight is 468 g/mol. The Bertz CT molecular complexity index is 1440. The van der Waals surface area contributed by atoms with Crippen molar-refractivity contribution in [3.05, 3.63) is 78.4 Å². The van der Waals surface area contributed by atoms with E-state index in [9.17, 15) is 4.79 Å². The van der Waals surface area contributed by atoms with E-state index in [0.717, 1.165) is 34.7 Å². The molecule has 0 atom stereocenters. The van der Waals surface area contributed by atoms with Gasteiger partial charge >= 0.3 is 0 Å². The van der Waals surface area contributed by atoms with Crippen molar-refractivity contribution in [3.8, 4) is 11.5 Å². The summed E-state index contributed by atoms with van der Waals surface area (Å²) in [5.41, 5.74) is 12.4. The van der Waals surface area contributed by atoms with Crippen molar-refractivity contribution < 1.29 is 14.3 Å². The second-order valence-electron chi connectivity index (χ2n) is 8.60. The Kier molecular flexibility index (Phi) is 6.66. The van der Waals surface area contributed by atoms with Gasteiger partial charge < -0.3 is 26.3 Å². The van der Waals surface area contributed by atoms with Gasteiger partial charge in [0.25, 0.3) is 5.91 Å². The predicted molar refractivity (Wildman–Crippen MR) is 143 cm³/mol. The first-order valence-corrected chi connectivity index (χ1v) is 12.0. The highest BCUT2D eigenvalue weighted by molar-refractivity contribution is 6.26. The minimum Gasteiger partial charge on any atom is -0.493 e. The van der Waals surface area contributed by atoms with Crippen molar-refractivity contribution in [2.45, 2.75) is 12.8 Å². The molecule has 0 bridgehead atoms. The Balaban J connectivity index is 1.49. The fraction of sp³-hybridized carbons (Fsp3) is 0.207. The molecule has 0 aliphatic rings. The molecule has 0 unspecified atom stereocenters. The van der Waals surface area contributed by atoms with Crippen LogP contribution in [0.4, 0.5) is 5.69 Å². The molecule has 0 heterocycles. The summed E-state index contributed by atoms with van der Waals surface area (Å²) in [6.45, 7) is 2.01. The molecule has 0 fully saturated rings. The highest BCUT2D eigenvalue weighted by Crippen LogP contribution is 2.38. The molecule has 0 aromatic heterocycles. The summed E-state index contributed by atoms with van der Waals surface area (Å²) in [5, 5.41) is 10.0. The van der Waals surface area contributed by atoms with E-state index in [4.69, 9.17) is 20.9 Å². The molecule has 0 radical (unpaired) electrons. The SMILES string of the molecule is NCCCOc1cc(OCCCN)cc(C(=O)Nc2ccc3ccc4cccc5ccc2c3c45)c1. The van der Waals surface area contributed by atoms with E-state index in [1.54, 1.807) is 18.2 Å². The molecule has 6 nitrogen and oxygen atoms in total. The van der Waals surface area contributed by atoms with Crippen LogP contribution in [0.1, 0.15) is 23.2 Å². The average Bonchev–Trinajstić information content (AvgIpc) is 2.88. The summed E-state index contributed by atoms with van der Waals surface area (Å²) < 4.78 is 11.6. The van der Waals surface area contributed by atoms with Crippen LogP contribution < -0.4 is 26.3 Å². The summed E-state index contributed by atoms with van der Waals surface area (Å²) in [6, 6.07) is 24.0. The van der Waals surface area contributed by atoms with Crippen LogP contribution in [0, 0.1) is 0 Å². The molecule has 178 valence electrons.